The van der Waals surface area contributed by atoms with Crippen molar-refractivity contribution in [3.63, 3.8) is 0 Å². The van der Waals surface area contributed by atoms with Crippen LogP contribution in [0.15, 0.2) is 42.5 Å². The highest BCUT2D eigenvalue weighted by atomic mass is 16.6. The number of rotatable bonds is 1. The molecule has 0 bridgehead atoms. The maximum atomic E-state index is 6.06. The highest BCUT2D eigenvalue weighted by molar-refractivity contribution is 6.61. The lowest BCUT2D eigenvalue weighted by Gasteiger charge is -2.38. The van der Waals surface area contributed by atoms with E-state index in [9.17, 15) is 0 Å². The van der Waals surface area contributed by atoms with Crippen molar-refractivity contribution in [2.75, 3.05) is 0 Å². The van der Waals surface area contributed by atoms with Gasteiger partial charge in [0.25, 0.3) is 0 Å². The van der Waals surface area contributed by atoms with Gasteiger partial charge in [-0.15, -0.1) is 0 Å². The fourth-order valence-electron chi connectivity index (χ4n) is 2.82. The van der Waals surface area contributed by atoms with Crippen LogP contribution in [0.3, 0.4) is 0 Å². The molecule has 1 saturated heterocycles. The van der Waals surface area contributed by atoms with Crippen LogP contribution in [0.1, 0.15) is 27.2 Å². The Labute approximate surface area is 114 Å². The molecule has 3 heteroatoms. The van der Waals surface area contributed by atoms with Crippen LogP contribution >= 0.6 is 0 Å². The average Bonchev–Trinajstić information content (AvgIpc) is 2.36. The lowest BCUT2D eigenvalue weighted by atomic mass is 9.74. The van der Waals surface area contributed by atoms with Crippen molar-refractivity contribution in [3.05, 3.63) is 42.5 Å². The molecule has 0 unspecified atom stereocenters. The molecule has 2 aromatic carbocycles. The average molecular weight is 254 g/mol. The van der Waals surface area contributed by atoms with Crippen molar-refractivity contribution < 1.29 is 9.31 Å². The molecule has 0 amide bonds. The van der Waals surface area contributed by atoms with Gasteiger partial charge in [-0.1, -0.05) is 42.5 Å². The van der Waals surface area contributed by atoms with E-state index in [1.165, 1.54) is 10.8 Å². The minimum atomic E-state index is -0.261. The second kappa shape index (κ2) is 4.66. The van der Waals surface area contributed by atoms with Crippen molar-refractivity contribution in [1.29, 1.82) is 0 Å². The summed E-state index contributed by atoms with van der Waals surface area (Å²) in [5.74, 6) is 0. The largest absolute Gasteiger partial charge is 0.494 e. The molecule has 0 radical (unpaired) electrons. The van der Waals surface area contributed by atoms with Crippen LogP contribution in [0.4, 0.5) is 0 Å². The zero-order chi connectivity index (χ0) is 13.5. The Morgan fingerprint density at radius 3 is 2.58 bits per heavy atom. The molecular formula is C16H19BO2. The third kappa shape index (κ3) is 2.67. The van der Waals surface area contributed by atoms with E-state index in [1.54, 1.807) is 0 Å². The van der Waals surface area contributed by atoms with E-state index in [0.717, 1.165) is 11.9 Å². The molecule has 1 aliphatic heterocycles. The molecule has 1 atom stereocenters. The highest BCUT2D eigenvalue weighted by Gasteiger charge is 2.38. The van der Waals surface area contributed by atoms with Crippen LogP contribution in [-0.2, 0) is 9.31 Å². The Morgan fingerprint density at radius 2 is 1.84 bits per heavy atom. The first-order valence-electron chi connectivity index (χ1n) is 6.85. The van der Waals surface area contributed by atoms with Gasteiger partial charge in [-0.25, -0.2) is 0 Å². The van der Waals surface area contributed by atoms with Crippen LogP contribution < -0.4 is 5.46 Å². The molecule has 2 aromatic rings. The van der Waals surface area contributed by atoms with E-state index in [0.29, 0.717) is 0 Å². The summed E-state index contributed by atoms with van der Waals surface area (Å²) in [6, 6.07) is 14.7. The summed E-state index contributed by atoms with van der Waals surface area (Å²) in [4.78, 5) is 0. The fourth-order valence-corrected chi connectivity index (χ4v) is 2.82. The first-order valence-corrected chi connectivity index (χ1v) is 6.85. The van der Waals surface area contributed by atoms with Gasteiger partial charge in [0.15, 0.2) is 0 Å². The number of hydrogen-bond donors (Lipinski definition) is 0. The summed E-state index contributed by atoms with van der Waals surface area (Å²) >= 11 is 0. The lowest BCUT2D eigenvalue weighted by molar-refractivity contribution is -0.0229. The second-order valence-electron chi connectivity index (χ2n) is 5.97. The van der Waals surface area contributed by atoms with Gasteiger partial charge in [0.2, 0.25) is 0 Å². The van der Waals surface area contributed by atoms with E-state index < -0.39 is 0 Å². The van der Waals surface area contributed by atoms with Gasteiger partial charge < -0.3 is 9.31 Å². The molecule has 0 aromatic heterocycles. The smallest absolute Gasteiger partial charge is 0.405 e. The van der Waals surface area contributed by atoms with Crippen molar-refractivity contribution >= 4 is 23.4 Å². The summed E-state index contributed by atoms with van der Waals surface area (Å²) in [5, 5.41) is 2.47. The summed E-state index contributed by atoms with van der Waals surface area (Å²) in [7, 11) is -0.261. The van der Waals surface area contributed by atoms with Crippen molar-refractivity contribution in [2.45, 2.75) is 38.9 Å². The van der Waals surface area contributed by atoms with E-state index >= 15 is 0 Å². The SMILES string of the molecule is C[C@H]1CC(C)(C)OB(c2ccc3ccccc3c2)O1. The minimum Gasteiger partial charge on any atom is -0.405 e. The normalized spacial score (nSPS) is 22.7. The van der Waals surface area contributed by atoms with E-state index in [1.807, 2.05) is 0 Å². The van der Waals surface area contributed by atoms with Crippen LogP contribution in [-0.4, -0.2) is 18.8 Å². The van der Waals surface area contributed by atoms with Crippen molar-refractivity contribution in [3.8, 4) is 0 Å². The Bertz CT molecular complexity index is 594. The molecule has 0 saturated carbocycles. The van der Waals surface area contributed by atoms with E-state index in [2.05, 4.69) is 63.2 Å². The first kappa shape index (κ1) is 12.7. The molecule has 1 fully saturated rings. The zero-order valence-electron chi connectivity index (χ0n) is 11.7. The first-order chi connectivity index (χ1) is 9.03. The van der Waals surface area contributed by atoms with Crippen LogP contribution in [0.5, 0.6) is 0 Å². The molecule has 0 aliphatic carbocycles. The van der Waals surface area contributed by atoms with Crippen molar-refractivity contribution in [2.24, 2.45) is 0 Å². The predicted molar refractivity (Wildman–Crippen MR) is 79.7 cm³/mol. The number of benzene rings is 2. The standard InChI is InChI=1S/C16H19BO2/c1-12-11-16(2,3)19-17(18-12)15-9-8-13-6-4-5-7-14(13)10-15/h4-10,12H,11H2,1-3H3/t12-/m0/s1. The quantitative estimate of drug-likeness (QED) is 0.728. The van der Waals surface area contributed by atoms with E-state index in [4.69, 9.17) is 9.31 Å². The number of fused-ring (bicyclic) bond motifs is 1. The Hall–Kier alpha value is -1.32. The second-order valence-corrected chi connectivity index (χ2v) is 5.97. The Balaban J connectivity index is 1.95. The summed E-state index contributed by atoms with van der Waals surface area (Å²) < 4.78 is 12.0. The highest BCUT2D eigenvalue weighted by Crippen LogP contribution is 2.26. The topological polar surface area (TPSA) is 18.5 Å². The lowest BCUT2D eigenvalue weighted by Crippen LogP contribution is -2.51. The third-order valence-corrected chi connectivity index (χ3v) is 3.61. The maximum Gasteiger partial charge on any atom is 0.494 e. The monoisotopic (exact) mass is 254 g/mol. The fraction of sp³-hybridized carbons (Fsp3) is 0.375. The van der Waals surface area contributed by atoms with Gasteiger partial charge in [-0.3, -0.25) is 0 Å². The van der Waals surface area contributed by atoms with E-state index in [-0.39, 0.29) is 18.8 Å². The van der Waals surface area contributed by atoms with Gasteiger partial charge in [0, 0.05) is 6.10 Å². The zero-order valence-corrected chi connectivity index (χ0v) is 11.7. The van der Waals surface area contributed by atoms with Gasteiger partial charge in [-0.05, 0) is 43.4 Å². The van der Waals surface area contributed by atoms with Gasteiger partial charge in [0.05, 0.1) is 5.60 Å². The molecule has 98 valence electrons. The summed E-state index contributed by atoms with van der Waals surface area (Å²) in [6.45, 7) is 6.36. The minimum absolute atomic E-state index is 0.131. The number of hydrogen-bond acceptors (Lipinski definition) is 2. The third-order valence-electron chi connectivity index (χ3n) is 3.61. The summed E-state index contributed by atoms with van der Waals surface area (Å²) in [5.41, 5.74) is 0.965. The predicted octanol–water partition coefficient (Wildman–Crippen LogP) is 3.14. The van der Waals surface area contributed by atoms with Gasteiger partial charge in [-0.2, -0.15) is 0 Å². The molecular weight excluding hydrogens is 235 g/mol. The molecule has 1 heterocycles. The van der Waals surface area contributed by atoms with Crippen molar-refractivity contribution in [1.82, 2.24) is 0 Å². The Kier molecular flexibility index (Phi) is 3.11. The van der Waals surface area contributed by atoms with Crippen LogP contribution in [0.2, 0.25) is 0 Å². The van der Waals surface area contributed by atoms with Crippen LogP contribution in [0.25, 0.3) is 10.8 Å². The van der Waals surface area contributed by atoms with Gasteiger partial charge in [0.1, 0.15) is 0 Å². The Morgan fingerprint density at radius 1 is 1.11 bits per heavy atom. The maximum absolute atomic E-state index is 6.06. The van der Waals surface area contributed by atoms with Crippen LogP contribution in [0, 0.1) is 0 Å². The molecule has 0 spiro atoms. The molecule has 3 rings (SSSR count). The molecule has 19 heavy (non-hydrogen) atoms. The molecule has 0 N–H and O–H groups in total. The molecule has 1 aliphatic rings. The molecule has 2 nitrogen and oxygen atoms in total. The van der Waals surface area contributed by atoms with Gasteiger partial charge >= 0.3 is 7.12 Å². The summed E-state index contributed by atoms with van der Waals surface area (Å²) in [6.07, 6.45) is 1.15.